The average Bonchev–Trinajstić information content (AvgIpc) is 2.92. The van der Waals surface area contributed by atoms with Gasteiger partial charge in [0.15, 0.2) is 0 Å². The minimum absolute atomic E-state index is 0.243. The van der Waals surface area contributed by atoms with Crippen LogP contribution in [0, 0.1) is 13.8 Å². The molecule has 0 aromatic heterocycles. The largest absolute Gasteiger partial charge is 0.375 e. The van der Waals surface area contributed by atoms with Crippen LogP contribution in [0.25, 0.3) is 0 Å². The van der Waals surface area contributed by atoms with E-state index in [1.165, 1.54) is 5.56 Å². The number of rotatable bonds is 12. The zero-order valence-electron chi connectivity index (χ0n) is 21.3. The van der Waals surface area contributed by atoms with Crippen molar-refractivity contribution >= 4 is 10.0 Å². The van der Waals surface area contributed by atoms with Crippen molar-refractivity contribution in [2.45, 2.75) is 37.4 Å². The van der Waals surface area contributed by atoms with Gasteiger partial charge in [0.2, 0.25) is 10.0 Å². The topological polar surface area (TPSA) is 67.4 Å². The Morgan fingerprint density at radius 3 is 1.76 bits per heavy atom. The van der Waals surface area contributed by atoms with Crippen LogP contribution >= 0.6 is 0 Å². The Morgan fingerprint density at radius 2 is 1.19 bits per heavy atom. The summed E-state index contributed by atoms with van der Waals surface area (Å²) in [4.78, 5) is 0.243. The predicted octanol–water partition coefficient (Wildman–Crippen LogP) is 5.87. The van der Waals surface area contributed by atoms with Crippen LogP contribution < -0.4 is 10.0 Å². The van der Waals surface area contributed by atoms with Gasteiger partial charge in [-0.15, -0.1) is 0 Å². The fourth-order valence-corrected chi connectivity index (χ4v) is 5.43. The van der Waals surface area contributed by atoms with Crippen molar-refractivity contribution in [3.8, 4) is 0 Å². The van der Waals surface area contributed by atoms with E-state index in [9.17, 15) is 8.42 Å². The third-order valence-electron chi connectivity index (χ3n) is 6.26. The van der Waals surface area contributed by atoms with Gasteiger partial charge in [-0.1, -0.05) is 108 Å². The lowest BCUT2D eigenvalue weighted by atomic mass is 9.94. The fourth-order valence-electron chi connectivity index (χ4n) is 4.19. The smallest absolute Gasteiger partial charge is 0.241 e. The Balaban J connectivity index is 1.55. The Hall–Kier alpha value is -3.29. The van der Waals surface area contributed by atoms with Gasteiger partial charge in [-0.3, -0.25) is 0 Å². The Kier molecular flexibility index (Phi) is 9.25. The molecule has 0 heterocycles. The van der Waals surface area contributed by atoms with Crippen LogP contribution in [0.2, 0.25) is 0 Å². The third kappa shape index (κ3) is 7.60. The molecule has 4 aromatic rings. The summed E-state index contributed by atoms with van der Waals surface area (Å²) in [5.41, 5.74) is 5.21. The maximum absolute atomic E-state index is 13.5. The van der Waals surface area contributed by atoms with E-state index in [-0.39, 0.29) is 10.9 Å². The van der Waals surface area contributed by atoms with Crippen LogP contribution in [0.5, 0.6) is 0 Å². The summed E-state index contributed by atoms with van der Waals surface area (Å²) in [5, 5.41) is 3.56. The maximum atomic E-state index is 13.5. The van der Waals surface area contributed by atoms with E-state index < -0.39 is 16.1 Å². The molecule has 5 nitrogen and oxygen atoms in total. The van der Waals surface area contributed by atoms with Gasteiger partial charge in [-0.05, 0) is 42.7 Å². The number of nitrogens with one attached hydrogen (secondary N) is 2. The van der Waals surface area contributed by atoms with E-state index in [0.29, 0.717) is 19.8 Å². The van der Waals surface area contributed by atoms with Gasteiger partial charge in [0.25, 0.3) is 0 Å². The second-order valence-corrected chi connectivity index (χ2v) is 10.9. The first-order chi connectivity index (χ1) is 17.9. The summed E-state index contributed by atoms with van der Waals surface area (Å²) >= 11 is 0. The molecule has 0 aliphatic heterocycles. The molecule has 2 N–H and O–H groups in total. The van der Waals surface area contributed by atoms with E-state index in [1.807, 2.05) is 79.7 Å². The molecule has 0 saturated carbocycles. The molecule has 0 aliphatic rings. The molecular weight excluding hydrogens is 480 g/mol. The molecule has 0 saturated heterocycles. The summed E-state index contributed by atoms with van der Waals surface area (Å²) in [7, 11) is -3.77. The van der Waals surface area contributed by atoms with E-state index >= 15 is 0 Å². The van der Waals surface area contributed by atoms with E-state index in [4.69, 9.17) is 4.74 Å². The van der Waals surface area contributed by atoms with E-state index in [0.717, 1.165) is 22.3 Å². The minimum atomic E-state index is -3.77. The first-order valence-corrected chi connectivity index (χ1v) is 14.0. The van der Waals surface area contributed by atoms with Crippen LogP contribution in [-0.4, -0.2) is 21.6 Å². The fraction of sp³-hybridized carbons (Fsp3) is 0.226. The highest BCUT2D eigenvalue weighted by atomic mass is 32.2. The van der Waals surface area contributed by atoms with E-state index in [1.54, 1.807) is 12.1 Å². The number of aryl methyl sites for hydroxylation is 2. The van der Waals surface area contributed by atoms with Crippen LogP contribution in [0.3, 0.4) is 0 Å². The summed E-state index contributed by atoms with van der Waals surface area (Å²) in [6.07, 6.45) is 0. The summed E-state index contributed by atoms with van der Waals surface area (Å²) in [6, 6.07) is 34.0. The highest BCUT2D eigenvalue weighted by Gasteiger charge is 2.29. The number of hydrogen-bond donors (Lipinski definition) is 2. The molecule has 192 valence electrons. The summed E-state index contributed by atoms with van der Waals surface area (Å²) in [6.45, 7) is 5.58. The molecule has 2 atom stereocenters. The lowest BCUT2D eigenvalue weighted by Crippen LogP contribution is -2.39. The minimum Gasteiger partial charge on any atom is -0.375 e. The number of hydrogen-bond acceptors (Lipinski definition) is 4. The average molecular weight is 515 g/mol. The molecule has 0 aliphatic carbocycles. The van der Waals surface area contributed by atoms with Crippen molar-refractivity contribution in [1.29, 1.82) is 0 Å². The molecule has 6 heteroatoms. The molecule has 0 amide bonds. The maximum Gasteiger partial charge on any atom is 0.241 e. The van der Waals surface area contributed by atoms with Crippen molar-refractivity contribution in [3.05, 3.63) is 137 Å². The highest BCUT2D eigenvalue weighted by Crippen LogP contribution is 2.30. The highest BCUT2D eigenvalue weighted by molar-refractivity contribution is 7.89. The van der Waals surface area contributed by atoms with Gasteiger partial charge < -0.3 is 10.1 Å². The molecule has 0 radical (unpaired) electrons. The number of ether oxygens (including phenoxy) is 1. The Bertz CT molecular complexity index is 1340. The van der Waals surface area contributed by atoms with Crippen molar-refractivity contribution in [1.82, 2.24) is 10.0 Å². The first-order valence-electron chi connectivity index (χ1n) is 12.5. The zero-order valence-corrected chi connectivity index (χ0v) is 22.1. The van der Waals surface area contributed by atoms with Gasteiger partial charge in [0.05, 0.1) is 30.2 Å². The molecular formula is C31H34N2O3S. The predicted molar refractivity (Wildman–Crippen MR) is 149 cm³/mol. The van der Waals surface area contributed by atoms with Crippen molar-refractivity contribution in [3.63, 3.8) is 0 Å². The molecule has 4 aromatic carbocycles. The normalized spacial score (nSPS) is 13.2. The van der Waals surface area contributed by atoms with Gasteiger partial charge in [0, 0.05) is 6.54 Å². The summed E-state index contributed by atoms with van der Waals surface area (Å²) in [5.74, 6) is 0. The molecule has 4 rings (SSSR count). The van der Waals surface area contributed by atoms with Crippen LogP contribution in [0.1, 0.15) is 39.9 Å². The van der Waals surface area contributed by atoms with Crippen molar-refractivity contribution in [2.75, 3.05) is 13.2 Å². The van der Waals surface area contributed by atoms with Crippen molar-refractivity contribution in [2.24, 2.45) is 0 Å². The van der Waals surface area contributed by atoms with Crippen LogP contribution in [0.4, 0.5) is 0 Å². The second-order valence-electron chi connectivity index (χ2n) is 9.20. The SMILES string of the molecule is Cc1ccc(COCCN[C@H](c2ccccc2)C(NS(=O)(=O)c2ccc(C)cc2)c2ccccc2)cc1. The Morgan fingerprint density at radius 1 is 0.676 bits per heavy atom. The number of sulfonamides is 1. The lowest BCUT2D eigenvalue weighted by Gasteiger charge is -2.30. The quantitative estimate of drug-likeness (QED) is 0.232. The molecule has 1 unspecified atom stereocenters. The molecule has 0 bridgehead atoms. The van der Waals surface area contributed by atoms with E-state index in [2.05, 4.69) is 41.2 Å². The van der Waals surface area contributed by atoms with Crippen molar-refractivity contribution < 1.29 is 13.2 Å². The first kappa shape index (κ1) is 26.8. The van der Waals surface area contributed by atoms with Gasteiger partial charge >= 0.3 is 0 Å². The standard InChI is InChI=1S/C31H34N2O3S/c1-24-13-17-26(18-14-24)23-36-22-21-32-30(27-9-5-3-6-10-27)31(28-11-7-4-8-12-28)33-37(34,35)29-19-15-25(2)16-20-29/h3-20,30-33H,21-23H2,1-2H3/t30-,31?/m1/s1. The van der Waals surface area contributed by atoms with Gasteiger partial charge in [0.1, 0.15) is 0 Å². The Labute approximate surface area is 220 Å². The molecule has 0 fully saturated rings. The third-order valence-corrected chi connectivity index (χ3v) is 7.72. The molecule has 37 heavy (non-hydrogen) atoms. The molecule has 0 spiro atoms. The van der Waals surface area contributed by atoms with Gasteiger partial charge in [-0.2, -0.15) is 0 Å². The second kappa shape index (κ2) is 12.8. The number of benzene rings is 4. The van der Waals surface area contributed by atoms with Crippen LogP contribution in [-0.2, 0) is 21.4 Å². The summed E-state index contributed by atoms with van der Waals surface area (Å²) < 4.78 is 35.8. The zero-order chi connectivity index (χ0) is 26.1. The lowest BCUT2D eigenvalue weighted by molar-refractivity contribution is 0.119. The monoisotopic (exact) mass is 514 g/mol. The van der Waals surface area contributed by atoms with Gasteiger partial charge in [-0.25, -0.2) is 13.1 Å². The van der Waals surface area contributed by atoms with Crippen LogP contribution in [0.15, 0.2) is 114 Å².